The van der Waals surface area contributed by atoms with E-state index in [2.05, 4.69) is 30.7 Å². The molecule has 0 fully saturated rings. The molecule has 0 aliphatic carbocycles. The second-order valence-corrected chi connectivity index (χ2v) is 6.39. The molecule has 0 unspecified atom stereocenters. The zero-order valence-electron chi connectivity index (χ0n) is 11.8. The lowest BCUT2D eigenvalue weighted by Crippen LogP contribution is -2.25. The number of hydrogen-bond acceptors (Lipinski definition) is 5. The number of nitro groups is 1. The minimum absolute atomic E-state index is 0.0863. The van der Waals surface area contributed by atoms with Crippen molar-refractivity contribution < 1.29 is 4.92 Å². The van der Waals surface area contributed by atoms with Crippen LogP contribution >= 0.6 is 11.8 Å². The highest BCUT2D eigenvalue weighted by Crippen LogP contribution is 2.26. The number of hydrogen-bond donors (Lipinski definition) is 2. The Morgan fingerprint density at radius 2 is 1.84 bits per heavy atom. The zero-order chi connectivity index (χ0) is 14.5. The summed E-state index contributed by atoms with van der Waals surface area (Å²) in [6.07, 6.45) is 2.05. The van der Waals surface area contributed by atoms with Gasteiger partial charge in [0.1, 0.15) is 0 Å². The van der Waals surface area contributed by atoms with Gasteiger partial charge < -0.3 is 10.6 Å². The van der Waals surface area contributed by atoms with E-state index < -0.39 is 0 Å². The molecular formula is C13H21N3O2S. The third-order valence-corrected chi connectivity index (χ3v) is 4.03. The highest BCUT2D eigenvalue weighted by Gasteiger charge is 2.16. The molecule has 0 saturated heterocycles. The summed E-state index contributed by atoms with van der Waals surface area (Å²) in [5, 5.41) is 17.3. The second-order valence-electron chi connectivity index (χ2n) is 4.87. The maximum Gasteiger partial charge on any atom is 0.273 e. The van der Waals surface area contributed by atoms with E-state index in [4.69, 9.17) is 0 Å². The van der Waals surface area contributed by atoms with E-state index >= 15 is 0 Å². The van der Waals surface area contributed by atoms with Crippen molar-refractivity contribution in [1.82, 2.24) is 0 Å². The van der Waals surface area contributed by atoms with Crippen LogP contribution in [0.1, 0.15) is 20.8 Å². The molecule has 5 nitrogen and oxygen atoms in total. The van der Waals surface area contributed by atoms with Crippen LogP contribution in [0.2, 0.25) is 0 Å². The lowest BCUT2D eigenvalue weighted by atomic mass is 10.2. The Bertz CT molecular complexity index is 450. The number of nitro benzene ring substituents is 1. The summed E-state index contributed by atoms with van der Waals surface area (Å²) in [6, 6.07) is 5.01. The van der Waals surface area contributed by atoms with Gasteiger partial charge in [-0.05, 0) is 33.1 Å². The van der Waals surface area contributed by atoms with Crippen LogP contribution in [0.4, 0.5) is 17.1 Å². The number of nitrogens with zero attached hydrogens (tertiary/aromatic N) is 1. The number of anilines is 2. The highest BCUT2D eigenvalue weighted by atomic mass is 32.2. The van der Waals surface area contributed by atoms with Crippen molar-refractivity contribution >= 4 is 28.8 Å². The molecule has 6 heteroatoms. The van der Waals surface area contributed by atoms with Gasteiger partial charge in [-0.3, -0.25) is 10.1 Å². The van der Waals surface area contributed by atoms with Crippen LogP contribution in [0.25, 0.3) is 0 Å². The Hall–Kier alpha value is -1.43. The Balaban J connectivity index is 2.90. The molecule has 106 valence electrons. The maximum atomic E-state index is 10.9. The van der Waals surface area contributed by atoms with E-state index in [-0.39, 0.29) is 15.4 Å². The lowest BCUT2D eigenvalue weighted by molar-refractivity contribution is -0.384. The molecule has 0 heterocycles. The molecule has 0 saturated carbocycles. The minimum Gasteiger partial charge on any atom is -0.385 e. The van der Waals surface area contributed by atoms with E-state index in [1.807, 2.05) is 13.0 Å². The van der Waals surface area contributed by atoms with Gasteiger partial charge in [0, 0.05) is 41.3 Å². The molecule has 2 N–H and O–H groups in total. The van der Waals surface area contributed by atoms with Gasteiger partial charge in [-0.25, -0.2) is 0 Å². The van der Waals surface area contributed by atoms with Crippen LogP contribution in [0.5, 0.6) is 0 Å². The fourth-order valence-electron chi connectivity index (χ4n) is 1.51. The van der Waals surface area contributed by atoms with Gasteiger partial charge in [-0.1, -0.05) is 0 Å². The van der Waals surface area contributed by atoms with Crippen molar-refractivity contribution in [3.63, 3.8) is 0 Å². The molecule has 0 spiro atoms. The number of thioether (sulfide) groups is 1. The van der Waals surface area contributed by atoms with Crippen LogP contribution < -0.4 is 10.6 Å². The Labute approximate surface area is 118 Å². The first-order valence-corrected chi connectivity index (χ1v) is 7.43. The number of rotatable bonds is 7. The maximum absolute atomic E-state index is 10.9. The highest BCUT2D eigenvalue weighted by molar-refractivity contribution is 7.99. The quantitative estimate of drug-likeness (QED) is 0.591. The van der Waals surface area contributed by atoms with Crippen molar-refractivity contribution in [3.8, 4) is 0 Å². The smallest absolute Gasteiger partial charge is 0.273 e. The molecule has 1 aromatic rings. The Kier molecular flexibility index (Phi) is 5.47. The summed E-state index contributed by atoms with van der Waals surface area (Å²) in [7, 11) is 0. The monoisotopic (exact) mass is 283 g/mol. The number of benzene rings is 1. The standard InChI is InChI=1S/C13H21N3O2S/c1-5-14-10-6-11(8-12(7-10)16(17)18)15-9-13(2,3)19-4/h6-8,14-15H,5,9H2,1-4H3. The third-order valence-electron chi connectivity index (χ3n) is 2.78. The van der Waals surface area contributed by atoms with E-state index in [9.17, 15) is 10.1 Å². The largest absolute Gasteiger partial charge is 0.385 e. The molecule has 0 radical (unpaired) electrons. The van der Waals surface area contributed by atoms with Crippen molar-refractivity contribution in [2.75, 3.05) is 30.0 Å². The fraction of sp³-hybridized carbons (Fsp3) is 0.538. The number of non-ortho nitro benzene ring substituents is 1. The van der Waals surface area contributed by atoms with Crippen molar-refractivity contribution in [1.29, 1.82) is 0 Å². The third kappa shape index (κ3) is 4.98. The van der Waals surface area contributed by atoms with Gasteiger partial charge in [0.25, 0.3) is 5.69 Å². The van der Waals surface area contributed by atoms with Gasteiger partial charge in [0.05, 0.1) is 4.92 Å². The summed E-state index contributed by atoms with van der Waals surface area (Å²) >= 11 is 1.76. The van der Waals surface area contributed by atoms with Crippen molar-refractivity contribution in [3.05, 3.63) is 28.3 Å². The van der Waals surface area contributed by atoms with Gasteiger partial charge >= 0.3 is 0 Å². The van der Waals surface area contributed by atoms with Crippen LogP contribution in [0, 0.1) is 10.1 Å². The Morgan fingerprint density at radius 3 is 2.32 bits per heavy atom. The van der Waals surface area contributed by atoms with Crippen LogP contribution in [0.3, 0.4) is 0 Å². The molecule has 1 aromatic carbocycles. The normalized spacial score (nSPS) is 11.2. The predicted octanol–water partition coefficient (Wildman–Crippen LogP) is 3.58. The summed E-state index contributed by atoms with van der Waals surface area (Å²) in [6.45, 7) is 7.71. The minimum atomic E-state index is -0.369. The zero-order valence-corrected chi connectivity index (χ0v) is 12.6. The van der Waals surface area contributed by atoms with Crippen molar-refractivity contribution in [2.24, 2.45) is 0 Å². The molecule has 0 atom stereocenters. The number of nitrogens with one attached hydrogen (secondary N) is 2. The van der Waals surface area contributed by atoms with Gasteiger partial charge in [-0.15, -0.1) is 0 Å². The summed E-state index contributed by atoms with van der Waals surface area (Å²) < 4.78 is 0.0863. The van der Waals surface area contributed by atoms with Crippen LogP contribution in [0.15, 0.2) is 18.2 Å². The molecule has 0 aliphatic rings. The Morgan fingerprint density at radius 1 is 1.26 bits per heavy atom. The molecule has 0 aliphatic heterocycles. The van der Waals surface area contributed by atoms with Gasteiger partial charge in [-0.2, -0.15) is 11.8 Å². The van der Waals surface area contributed by atoms with E-state index in [0.29, 0.717) is 0 Å². The topological polar surface area (TPSA) is 67.2 Å². The van der Waals surface area contributed by atoms with Gasteiger partial charge in [0.2, 0.25) is 0 Å². The first-order valence-electron chi connectivity index (χ1n) is 6.20. The average molecular weight is 283 g/mol. The first kappa shape index (κ1) is 15.6. The van der Waals surface area contributed by atoms with Crippen LogP contribution in [-0.4, -0.2) is 29.0 Å². The predicted molar refractivity (Wildman–Crippen MR) is 83.3 cm³/mol. The fourth-order valence-corrected chi connectivity index (χ4v) is 1.73. The first-order chi connectivity index (χ1) is 8.88. The molecule has 0 amide bonds. The van der Waals surface area contributed by atoms with Crippen molar-refractivity contribution in [2.45, 2.75) is 25.5 Å². The SMILES string of the molecule is CCNc1cc(NCC(C)(C)SC)cc([N+](=O)[O-])c1. The molecule has 0 aromatic heterocycles. The molecule has 0 bridgehead atoms. The van der Waals surface area contributed by atoms with E-state index in [1.54, 1.807) is 23.9 Å². The lowest BCUT2D eigenvalue weighted by Gasteiger charge is -2.23. The molecule has 19 heavy (non-hydrogen) atoms. The second kappa shape index (κ2) is 6.65. The summed E-state index contributed by atoms with van der Waals surface area (Å²) in [5.41, 5.74) is 1.64. The molecular weight excluding hydrogens is 262 g/mol. The summed E-state index contributed by atoms with van der Waals surface area (Å²) in [5.74, 6) is 0. The average Bonchev–Trinajstić information content (AvgIpc) is 2.37. The molecule has 1 rings (SSSR count). The van der Waals surface area contributed by atoms with Gasteiger partial charge in [0.15, 0.2) is 0 Å². The van der Waals surface area contributed by atoms with E-state index in [0.717, 1.165) is 24.5 Å². The van der Waals surface area contributed by atoms with E-state index in [1.165, 1.54) is 0 Å². The van der Waals surface area contributed by atoms with Crippen LogP contribution in [-0.2, 0) is 0 Å². The summed E-state index contributed by atoms with van der Waals surface area (Å²) in [4.78, 5) is 10.5.